The van der Waals surface area contributed by atoms with Crippen LogP contribution in [0.3, 0.4) is 0 Å². The van der Waals surface area contributed by atoms with Crippen LogP contribution in [0, 0.1) is 5.92 Å². The number of esters is 1. The summed E-state index contributed by atoms with van der Waals surface area (Å²) in [6, 6.07) is 4.97. The first-order valence-electron chi connectivity index (χ1n) is 9.32. The zero-order valence-corrected chi connectivity index (χ0v) is 17.4. The molecule has 1 aromatic heterocycles. The van der Waals surface area contributed by atoms with Crippen LogP contribution in [0.2, 0.25) is 0 Å². The number of nitrogens with one attached hydrogen (secondary N) is 1. The lowest BCUT2D eigenvalue weighted by Crippen LogP contribution is -2.16. The first-order chi connectivity index (χ1) is 13.5. The SMILES string of the molecule is CCOC(=O)c1c(NC(=O)c2cc(OC)cc(OC)c2)sc2c1CC[C@@H](C)C2. The Morgan fingerprint density at radius 1 is 1.18 bits per heavy atom. The molecule has 1 aliphatic rings. The Kier molecular flexibility index (Phi) is 6.24. The van der Waals surface area contributed by atoms with Crippen molar-refractivity contribution in [1.82, 2.24) is 0 Å². The van der Waals surface area contributed by atoms with Gasteiger partial charge in [-0.05, 0) is 49.8 Å². The Morgan fingerprint density at radius 3 is 2.46 bits per heavy atom. The molecule has 0 aliphatic heterocycles. The molecule has 1 aromatic carbocycles. The molecule has 150 valence electrons. The highest BCUT2D eigenvalue weighted by atomic mass is 32.1. The van der Waals surface area contributed by atoms with E-state index in [4.69, 9.17) is 14.2 Å². The summed E-state index contributed by atoms with van der Waals surface area (Å²) in [5, 5.41) is 3.45. The maximum atomic E-state index is 12.9. The third-order valence-corrected chi connectivity index (χ3v) is 6.00. The van der Waals surface area contributed by atoms with Crippen molar-refractivity contribution in [1.29, 1.82) is 0 Å². The van der Waals surface area contributed by atoms with E-state index in [2.05, 4.69) is 12.2 Å². The van der Waals surface area contributed by atoms with Gasteiger partial charge < -0.3 is 19.5 Å². The van der Waals surface area contributed by atoms with E-state index in [9.17, 15) is 9.59 Å². The molecule has 0 fully saturated rings. The molecule has 0 radical (unpaired) electrons. The summed E-state index contributed by atoms with van der Waals surface area (Å²) in [6.45, 7) is 4.27. The van der Waals surface area contributed by atoms with E-state index in [-0.39, 0.29) is 11.9 Å². The predicted octanol–water partition coefficient (Wildman–Crippen LogP) is 4.32. The second-order valence-electron chi connectivity index (χ2n) is 6.83. The van der Waals surface area contributed by atoms with Crippen LogP contribution in [0.1, 0.15) is 51.4 Å². The van der Waals surface area contributed by atoms with Crippen molar-refractivity contribution in [2.75, 3.05) is 26.1 Å². The molecule has 1 amide bonds. The maximum absolute atomic E-state index is 12.9. The van der Waals surface area contributed by atoms with Crippen molar-refractivity contribution in [3.63, 3.8) is 0 Å². The molecule has 7 heteroatoms. The lowest BCUT2D eigenvalue weighted by Gasteiger charge is -2.18. The normalized spacial score (nSPS) is 15.5. The van der Waals surface area contributed by atoms with Gasteiger partial charge in [-0.25, -0.2) is 4.79 Å². The number of carbonyl (C=O) groups excluding carboxylic acids is 2. The fourth-order valence-electron chi connectivity index (χ4n) is 3.37. The molecule has 2 aromatic rings. The molecule has 0 bridgehead atoms. The summed E-state index contributed by atoms with van der Waals surface area (Å²) in [6.07, 6.45) is 2.76. The molecular formula is C21H25NO5S. The van der Waals surface area contributed by atoms with Crippen LogP contribution in [0.25, 0.3) is 0 Å². The Hall–Kier alpha value is -2.54. The molecule has 6 nitrogen and oxygen atoms in total. The van der Waals surface area contributed by atoms with Gasteiger partial charge in [0.1, 0.15) is 16.5 Å². The standard InChI is InChI=1S/C21H25NO5S/c1-5-27-21(24)18-16-7-6-12(2)8-17(16)28-20(18)22-19(23)13-9-14(25-3)11-15(10-13)26-4/h9-12H,5-8H2,1-4H3,(H,22,23)/t12-/m1/s1. The number of hydrogen-bond donors (Lipinski definition) is 1. The number of thiophene rings is 1. The highest BCUT2D eigenvalue weighted by Gasteiger charge is 2.29. The summed E-state index contributed by atoms with van der Waals surface area (Å²) in [7, 11) is 3.06. The minimum Gasteiger partial charge on any atom is -0.497 e. The van der Waals surface area contributed by atoms with E-state index in [0.717, 1.165) is 29.7 Å². The smallest absolute Gasteiger partial charge is 0.341 e. The fraction of sp³-hybridized carbons (Fsp3) is 0.429. The topological polar surface area (TPSA) is 73.9 Å². The molecule has 0 unspecified atom stereocenters. The van der Waals surface area contributed by atoms with Crippen molar-refractivity contribution < 1.29 is 23.8 Å². The number of hydrogen-bond acceptors (Lipinski definition) is 6. The van der Waals surface area contributed by atoms with Crippen LogP contribution in [0.5, 0.6) is 11.5 Å². The van der Waals surface area contributed by atoms with Crippen LogP contribution in [-0.2, 0) is 17.6 Å². The van der Waals surface area contributed by atoms with E-state index in [1.165, 1.54) is 25.6 Å². The first kappa shape index (κ1) is 20.2. The van der Waals surface area contributed by atoms with E-state index < -0.39 is 0 Å². The largest absolute Gasteiger partial charge is 0.497 e. The number of methoxy groups -OCH3 is 2. The summed E-state index contributed by atoms with van der Waals surface area (Å²) in [5.41, 5.74) is 1.91. The number of amides is 1. The van der Waals surface area contributed by atoms with Gasteiger partial charge in [-0.15, -0.1) is 11.3 Å². The van der Waals surface area contributed by atoms with Gasteiger partial charge in [0.05, 0.1) is 26.4 Å². The van der Waals surface area contributed by atoms with Crippen LogP contribution in [-0.4, -0.2) is 32.7 Å². The van der Waals surface area contributed by atoms with E-state index in [1.807, 2.05) is 0 Å². The van der Waals surface area contributed by atoms with Gasteiger partial charge in [-0.3, -0.25) is 4.79 Å². The van der Waals surface area contributed by atoms with Crippen LogP contribution < -0.4 is 14.8 Å². The quantitative estimate of drug-likeness (QED) is 0.727. The fourth-order valence-corrected chi connectivity index (χ4v) is 4.77. The number of benzene rings is 1. The van der Waals surface area contributed by atoms with Crippen LogP contribution in [0.4, 0.5) is 5.00 Å². The van der Waals surface area contributed by atoms with Crippen molar-refractivity contribution in [2.45, 2.75) is 33.1 Å². The molecule has 1 heterocycles. The second-order valence-corrected chi connectivity index (χ2v) is 7.94. The number of ether oxygens (including phenoxy) is 3. The Balaban J connectivity index is 1.95. The molecular weight excluding hydrogens is 378 g/mol. The van der Waals surface area contributed by atoms with Gasteiger partial charge in [0.15, 0.2) is 0 Å². The highest BCUT2D eigenvalue weighted by molar-refractivity contribution is 7.17. The van der Waals surface area contributed by atoms with Crippen molar-refractivity contribution in [3.05, 3.63) is 39.8 Å². The zero-order valence-electron chi connectivity index (χ0n) is 16.6. The Labute approximate surface area is 168 Å². The van der Waals surface area contributed by atoms with E-state index in [1.54, 1.807) is 25.1 Å². The number of anilines is 1. The van der Waals surface area contributed by atoms with Gasteiger partial charge in [0, 0.05) is 16.5 Å². The molecule has 28 heavy (non-hydrogen) atoms. The Bertz CT molecular complexity index is 867. The molecule has 0 spiro atoms. The number of rotatable bonds is 6. The molecule has 1 N–H and O–H groups in total. The molecule has 1 atom stereocenters. The van der Waals surface area contributed by atoms with Gasteiger partial charge in [0.2, 0.25) is 0 Å². The summed E-state index contributed by atoms with van der Waals surface area (Å²) >= 11 is 1.47. The molecule has 1 aliphatic carbocycles. The molecule has 0 saturated carbocycles. The average Bonchev–Trinajstić information content (AvgIpc) is 3.04. The molecule has 3 rings (SSSR count). The van der Waals surface area contributed by atoms with Crippen molar-refractivity contribution >= 4 is 28.2 Å². The average molecular weight is 404 g/mol. The number of fused-ring (bicyclic) bond motifs is 1. The van der Waals surface area contributed by atoms with Crippen LogP contribution >= 0.6 is 11.3 Å². The van der Waals surface area contributed by atoms with E-state index >= 15 is 0 Å². The minimum atomic E-state index is -0.381. The van der Waals surface area contributed by atoms with Crippen molar-refractivity contribution in [3.8, 4) is 11.5 Å². The lowest BCUT2D eigenvalue weighted by molar-refractivity contribution is 0.0526. The zero-order chi connectivity index (χ0) is 20.3. The first-order valence-corrected chi connectivity index (χ1v) is 10.1. The van der Waals surface area contributed by atoms with Gasteiger partial charge in [0.25, 0.3) is 5.91 Å². The maximum Gasteiger partial charge on any atom is 0.341 e. The van der Waals surface area contributed by atoms with Gasteiger partial charge in [-0.1, -0.05) is 6.92 Å². The van der Waals surface area contributed by atoms with Crippen molar-refractivity contribution in [2.24, 2.45) is 5.92 Å². The van der Waals surface area contributed by atoms with Gasteiger partial charge in [-0.2, -0.15) is 0 Å². The van der Waals surface area contributed by atoms with Crippen LogP contribution in [0.15, 0.2) is 18.2 Å². The minimum absolute atomic E-state index is 0.292. The predicted molar refractivity (Wildman–Crippen MR) is 109 cm³/mol. The highest BCUT2D eigenvalue weighted by Crippen LogP contribution is 2.40. The summed E-state index contributed by atoms with van der Waals surface area (Å²) in [5.74, 6) is 0.902. The summed E-state index contributed by atoms with van der Waals surface area (Å²) < 4.78 is 15.7. The monoisotopic (exact) mass is 403 g/mol. The van der Waals surface area contributed by atoms with E-state index in [0.29, 0.717) is 40.2 Å². The second kappa shape index (κ2) is 8.65. The number of carbonyl (C=O) groups is 2. The molecule has 0 saturated heterocycles. The lowest BCUT2D eigenvalue weighted by atomic mass is 9.88. The van der Waals surface area contributed by atoms with Gasteiger partial charge >= 0.3 is 5.97 Å². The summed E-state index contributed by atoms with van der Waals surface area (Å²) in [4.78, 5) is 26.6. The Morgan fingerprint density at radius 2 is 1.86 bits per heavy atom. The third-order valence-electron chi connectivity index (χ3n) is 4.83. The third kappa shape index (κ3) is 4.14.